The van der Waals surface area contributed by atoms with Crippen molar-refractivity contribution in [1.29, 1.82) is 0 Å². The monoisotopic (exact) mass is 265 g/mol. The third-order valence-corrected chi connectivity index (χ3v) is 2.59. The molecule has 0 unspecified atom stereocenters. The Bertz CT molecular complexity index is 355. The standard InChI is InChI=1S/C10H10Cl3NO/c11-4-3-10(15)14-6-7-1-2-8(12)5-9(7)13/h1-2,5H,3-4,6H2,(H,14,15). The van der Waals surface area contributed by atoms with Gasteiger partial charge in [-0.05, 0) is 17.7 Å². The maximum absolute atomic E-state index is 11.1. The van der Waals surface area contributed by atoms with E-state index in [9.17, 15) is 4.79 Å². The Morgan fingerprint density at radius 1 is 1.33 bits per heavy atom. The summed E-state index contributed by atoms with van der Waals surface area (Å²) in [5.74, 6) is 0.233. The molecule has 82 valence electrons. The summed E-state index contributed by atoms with van der Waals surface area (Å²) in [5.41, 5.74) is 0.837. The van der Waals surface area contributed by atoms with E-state index < -0.39 is 0 Å². The van der Waals surface area contributed by atoms with Crippen molar-refractivity contribution in [3.05, 3.63) is 33.8 Å². The van der Waals surface area contributed by atoms with Crippen molar-refractivity contribution >= 4 is 40.7 Å². The highest BCUT2D eigenvalue weighted by Gasteiger charge is 2.03. The van der Waals surface area contributed by atoms with E-state index in [0.29, 0.717) is 28.9 Å². The summed E-state index contributed by atoms with van der Waals surface area (Å²) < 4.78 is 0. The van der Waals surface area contributed by atoms with Crippen LogP contribution in [0.25, 0.3) is 0 Å². The van der Waals surface area contributed by atoms with Crippen LogP contribution < -0.4 is 5.32 Å². The molecule has 15 heavy (non-hydrogen) atoms. The number of carbonyl (C=O) groups is 1. The van der Waals surface area contributed by atoms with Crippen LogP contribution in [0.4, 0.5) is 0 Å². The Kier molecular flexibility index (Phi) is 5.23. The van der Waals surface area contributed by atoms with Gasteiger partial charge in [0.25, 0.3) is 0 Å². The molecule has 0 heterocycles. The van der Waals surface area contributed by atoms with Crippen molar-refractivity contribution in [2.24, 2.45) is 0 Å². The van der Waals surface area contributed by atoms with E-state index in [1.807, 2.05) is 0 Å². The summed E-state index contributed by atoms with van der Waals surface area (Å²) >= 11 is 17.1. The van der Waals surface area contributed by atoms with Crippen LogP contribution in [0.2, 0.25) is 10.0 Å². The lowest BCUT2D eigenvalue weighted by Crippen LogP contribution is -2.22. The zero-order chi connectivity index (χ0) is 11.3. The Balaban J connectivity index is 2.54. The first-order valence-electron chi connectivity index (χ1n) is 4.40. The van der Waals surface area contributed by atoms with Gasteiger partial charge in [0.05, 0.1) is 0 Å². The Morgan fingerprint density at radius 3 is 2.67 bits per heavy atom. The molecule has 0 saturated carbocycles. The normalized spacial score (nSPS) is 10.1. The number of alkyl halides is 1. The largest absolute Gasteiger partial charge is 0.352 e. The molecule has 1 aromatic carbocycles. The molecule has 0 atom stereocenters. The quantitative estimate of drug-likeness (QED) is 0.833. The smallest absolute Gasteiger partial charge is 0.221 e. The Morgan fingerprint density at radius 2 is 2.07 bits per heavy atom. The van der Waals surface area contributed by atoms with E-state index in [1.54, 1.807) is 18.2 Å². The second-order valence-corrected chi connectivity index (χ2v) is 4.17. The van der Waals surface area contributed by atoms with Gasteiger partial charge in [-0.15, -0.1) is 11.6 Å². The third kappa shape index (κ3) is 4.29. The maximum atomic E-state index is 11.1. The number of nitrogens with one attached hydrogen (secondary N) is 1. The van der Waals surface area contributed by atoms with E-state index in [1.165, 1.54) is 0 Å². The lowest BCUT2D eigenvalue weighted by Gasteiger charge is -2.06. The van der Waals surface area contributed by atoms with Gasteiger partial charge in [0, 0.05) is 28.9 Å². The number of rotatable bonds is 4. The minimum absolute atomic E-state index is 0.0870. The average molecular weight is 267 g/mol. The summed E-state index contributed by atoms with van der Waals surface area (Å²) in [6.45, 7) is 0.395. The minimum atomic E-state index is -0.0870. The fourth-order valence-corrected chi connectivity index (χ4v) is 1.68. The number of carbonyl (C=O) groups excluding carboxylic acids is 1. The Labute approximate surface area is 104 Å². The van der Waals surface area contributed by atoms with Gasteiger partial charge in [0.1, 0.15) is 0 Å². The number of halogens is 3. The van der Waals surface area contributed by atoms with Gasteiger partial charge >= 0.3 is 0 Å². The molecule has 0 saturated heterocycles. The predicted octanol–water partition coefficient (Wildman–Crippen LogP) is 3.24. The van der Waals surface area contributed by atoms with E-state index in [4.69, 9.17) is 34.8 Å². The lowest BCUT2D eigenvalue weighted by molar-refractivity contribution is -0.120. The molecule has 0 aliphatic carbocycles. The number of amides is 1. The van der Waals surface area contributed by atoms with E-state index in [0.717, 1.165) is 5.56 Å². The summed E-state index contributed by atoms with van der Waals surface area (Å²) in [4.78, 5) is 11.1. The Hall–Kier alpha value is -0.440. The SMILES string of the molecule is O=C(CCCl)NCc1ccc(Cl)cc1Cl. The average Bonchev–Trinajstić information content (AvgIpc) is 2.17. The maximum Gasteiger partial charge on any atom is 0.221 e. The van der Waals surface area contributed by atoms with Crippen LogP contribution in [0.3, 0.4) is 0 Å². The number of hydrogen-bond acceptors (Lipinski definition) is 1. The van der Waals surface area contributed by atoms with Crippen LogP contribution in [-0.2, 0) is 11.3 Å². The van der Waals surface area contributed by atoms with Crippen molar-refractivity contribution in [1.82, 2.24) is 5.32 Å². The molecule has 0 bridgehead atoms. The van der Waals surface area contributed by atoms with Crippen molar-refractivity contribution in [2.75, 3.05) is 5.88 Å². The first-order chi connectivity index (χ1) is 7.13. The minimum Gasteiger partial charge on any atom is -0.352 e. The van der Waals surface area contributed by atoms with Gasteiger partial charge in [-0.25, -0.2) is 0 Å². The summed E-state index contributed by atoms with van der Waals surface area (Å²) in [6, 6.07) is 5.16. The highest BCUT2D eigenvalue weighted by atomic mass is 35.5. The molecule has 2 nitrogen and oxygen atoms in total. The van der Waals surface area contributed by atoms with Crippen LogP contribution in [0, 0.1) is 0 Å². The molecular formula is C10H10Cl3NO. The fraction of sp³-hybridized carbons (Fsp3) is 0.300. The second-order valence-electron chi connectivity index (χ2n) is 2.95. The van der Waals surface area contributed by atoms with Gasteiger partial charge in [-0.2, -0.15) is 0 Å². The zero-order valence-electron chi connectivity index (χ0n) is 7.90. The number of hydrogen-bond donors (Lipinski definition) is 1. The number of benzene rings is 1. The molecule has 5 heteroatoms. The van der Waals surface area contributed by atoms with Gasteiger partial charge in [-0.3, -0.25) is 4.79 Å². The molecule has 0 radical (unpaired) electrons. The molecule has 1 amide bonds. The van der Waals surface area contributed by atoms with Gasteiger partial charge in [0.2, 0.25) is 5.91 Å². The zero-order valence-corrected chi connectivity index (χ0v) is 10.2. The van der Waals surface area contributed by atoms with E-state index in [-0.39, 0.29) is 5.91 Å². The van der Waals surface area contributed by atoms with Crippen LogP contribution in [0.15, 0.2) is 18.2 Å². The molecule has 1 rings (SSSR count). The molecule has 0 aliphatic heterocycles. The first kappa shape index (κ1) is 12.6. The highest BCUT2D eigenvalue weighted by molar-refractivity contribution is 6.35. The third-order valence-electron chi connectivity index (χ3n) is 1.81. The van der Waals surface area contributed by atoms with Crippen LogP contribution in [-0.4, -0.2) is 11.8 Å². The second kappa shape index (κ2) is 6.21. The van der Waals surface area contributed by atoms with E-state index in [2.05, 4.69) is 5.32 Å². The van der Waals surface area contributed by atoms with E-state index >= 15 is 0 Å². The molecule has 1 N–H and O–H groups in total. The molecular weight excluding hydrogens is 256 g/mol. The molecule has 0 fully saturated rings. The molecule has 0 spiro atoms. The summed E-state index contributed by atoms with van der Waals surface area (Å²) in [5, 5.41) is 3.84. The fourth-order valence-electron chi connectivity index (χ4n) is 1.03. The van der Waals surface area contributed by atoms with Crippen LogP contribution in [0.1, 0.15) is 12.0 Å². The summed E-state index contributed by atoms with van der Waals surface area (Å²) in [6.07, 6.45) is 0.312. The van der Waals surface area contributed by atoms with Crippen molar-refractivity contribution in [2.45, 2.75) is 13.0 Å². The molecule has 1 aromatic rings. The van der Waals surface area contributed by atoms with Crippen molar-refractivity contribution < 1.29 is 4.79 Å². The molecule has 0 aromatic heterocycles. The topological polar surface area (TPSA) is 29.1 Å². The van der Waals surface area contributed by atoms with Gasteiger partial charge in [0.15, 0.2) is 0 Å². The van der Waals surface area contributed by atoms with Crippen LogP contribution >= 0.6 is 34.8 Å². The van der Waals surface area contributed by atoms with Gasteiger partial charge < -0.3 is 5.32 Å². The van der Waals surface area contributed by atoms with Gasteiger partial charge in [-0.1, -0.05) is 29.3 Å². The molecule has 0 aliphatic rings. The highest BCUT2D eigenvalue weighted by Crippen LogP contribution is 2.20. The van der Waals surface area contributed by atoms with Crippen LogP contribution in [0.5, 0.6) is 0 Å². The first-order valence-corrected chi connectivity index (χ1v) is 5.69. The lowest BCUT2D eigenvalue weighted by atomic mass is 10.2. The van der Waals surface area contributed by atoms with Crippen molar-refractivity contribution in [3.63, 3.8) is 0 Å². The van der Waals surface area contributed by atoms with Crippen molar-refractivity contribution in [3.8, 4) is 0 Å². The predicted molar refractivity (Wildman–Crippen MR) is 63.6 cm³/mol. The summed E-state index contributed by atoms with van der Waals surface area (Å²) in [7, 11) is 0.